The van der Waals surface area contributed by atoms with E-state index < -0.39 is 12.2 Å². The Hall–Kier alpha value is -3.64. The van der Waals surface area contributed by atoms with Gasteiger partial charge in [-0.1, -0.05) is 60.1 Å². The van der Waals surface area contributed by atoms with E-state index >= 15 is 0 Å². The Labute approximate surface area is 185 Å². The normalized spacial score (nSPS) is 15.6. The maximum Gasteiger partial charge on any atom is 0.321 e. The molecule has 3 amide bonds. The number of nitrogens with one attached hydrogen (secondary N) is 2. The first-order valence-corrected chi connectivity index (χ1v) is 10.2. The van der Waals surface area contributed by atoms with E-state index in [1.54, 1.807) is 25.2 Å². The van der Waals surface area contributed by atoms with Crippen molar-refractivity contribution in [2.75, 3.05) is 17.3 Å². The molecule has 0 unspecified atom stereocenters. The monoisotopic (exact) mass is 432 g/mol. The van der Waals surface area contributed by atoms with E-state index in [1.807, 2.05) is 61.5 Å². The summed E-state index contributed by atoms with van der Waals surface area (Å²) in [6.07, 6.45) is -1.08. The molecule has 4 rings (SSSR count). The van der Waals surface area contributed by atoms with Crippen LogP contribution >= 0.6 is 11.6 Å². The highest BCUT2D eigenvalue weighted by Crippen LogP contribution is 2.27. The molecule has 31 heavy (non-hydrogen) atoms. The highest BCUT2D eigenvalue weighted by molar-refractivity contribution is 6.30. The Bertz CT molecular complexity index is 1180. The molecule has 156 valence electrons. The van der Waals surface area contributed by atoms with Crippen LogP contribution in [-0.2, 0) is 4.79 Å². The van der Waals surface area contributed by atoms with Crippen molar-refractivity contribution in [3.8, 4) is 0 Å². The second-order valence-corrected chi connectivity index (χ2v) is 7.65. The molecule has 6 nitrogen and oxygen atoms in total. The van der Waals surface area contributed by atoms with Gasteiger partial charge in [0.2, 0.25) is 6.17 Å². The van der Waals surface area contributed by atoms with Gasteiger partial charge in [-0.25, -0.2) is 9.79 Å². The number of aliphatic imine (C=N–C) groups is 1. The van der Waals surface area contributed by atoms with E-state index in [9.17, 15) is 9.59 Å². The smallest absolute Gasteiger partial charge is 0.311 e. The highest BCUT2D eigenvalue weighted by atomic mass is 35.5. The number of hydrogen-bond acceptors (Lipinski definition) is 3. The zero-order valence-corrected chi connectivity index (χ0v) is 17.9. The Morgan fingerprint density at radius 2 is 1.74 bits per heavy atom. The van der Waals surface area contributed by atoms with Gasteiger partial charge in [0, 0.05) is 28.9 Å². The number of anilines is 2. The van der Waals surface area contributed by atoms with E-state index in [4.69, 9.17) is 11.6 Å². The average Bonchev–Trinajstić information content (AvgIpc) is 2.87. The van der Waals surface area contributed by atoms with Crippen LogP contribution in [0.5, 0.6) is 0 Å². The Morgan fingerprint density at radius 1 is 1.03 bits per heavy atom. The number of likely N-dealkylation sites (N-methyl/N-ethyl adjacent to an activating group) is 1. The fourth-order valence-corrected chi connectivity index (χ4v) is 3.72. The highest BCUT2D eigenvalue weighted by Gasteiger charge is 2.31. The predicted molar refractivity (Wildman–Crippen MR) is 124 cm³/mol. The van der Waals surface area contributed by atoms with Crippen LogP contribution in [-0.4, -0.2) is 30.9 Å². The number of carbonyl (C=O) groups is 2. The first-order valence-electron chi connectivity index (χ1n) is 9.78. The molecule has 3 aromatic carbocycles. The summed E-state index contributed by atoms with van der Waals surface area (Å²) in [6.45, 7) is 1.84. The van der Waals surface area contributed by atoms with Crippen LogP contribution in [0.4, 0.5) is 16.2 Å². The van der Waals surface area contributed by atoms with Gasteiger partial charge in [-0.2, -0.15) is 0 Å². The van der Waals surface area contributed by atoms with Crippen molar-refractivity contribution >= 4 is 40.6 Å². The van der Waals surface area contributed by atoms with Crippen LogP contribution in [0.3, 0.4) is 0 Å². The number of nitrogens with zero attached hydrogens (tertiary/aromatic N) is 2. The summed E-state index contributed by atoms with van der Waals surface area (Å²) in [4.78, 5) is 32.0. The van der Waals surface area contributed by atoms with Gasteiger partial charge in [0.1, 0.15) is 0 Å². The molecule has 0 bridgehead atoms. The van der Waals surface area contributed by atoms with Crippen LogP contribution < -0.4 is 15.5 Å². The average molecular weight is 433 g/mol. The number of urea groups is 1. The minimum atomic E-state index is -1.08. The zero-order chi connectivity index (χ0) is 22.0. The van der Waals surface area contributed by atoms with Crippen LogP contribution in [0.15, 0.2) is 77.8 Å². The maximum atomic E-state index is 13.1. The summed E-state index contributed by atoms with van der Waals surface area (Å²) in [7, 11) is 1.68. The molecule has 0 aromatic heterocycles. The third-order valence-corrected chi connectivity index (χ3v) is 5.33. The largest absolute Gasteiger partial charge is 0.321 e. The molecule has 2 N–H and O–H groups in total. The molecular formula is C24H21ClN4O2. The predicted octanol–water partition coefficient (Wildman–Crippen LogP) is 4.61. The SMILES string of the molecule is Cc1cc(Cl)ccc1NC(=O)N[C@@H]1N=C(c2ccccc2)c2ccccc2N(C)C1=O. The maximum absolute atomic E-state index is 13.1. The summed E-state index contributed by atoms with van der Waals surface area (Å²) in [5, 5.41) is 6.05. The molecular weight excluding hydrogens is 412 g/mol. The van der Waals surface area contributed by atoms with Gasteiger partial charge in [0.05, 0.1) is 11.4 Å². The summed E-state index contributed by atoms with van der Waals surface area (Å²) >= 11 is 5.98. The molecule has 3 aromatic rings. The number of fused-ring (bicyclic) bond motifs is 1. The minimum absolute atomic E-state index is 0.332. The van der Waals surface area contributed by atoms with Crippen molar-refractivity contribution in [1.82, 2.24) is 5.32 Å². The number of hydrogen-bond donors (Lipinski definition) is 2. The second kappa shape index (κ2) is 8.62. The van der Waals surface area contributed by atoms with E-state index in [-0.39, 0.29) is 5.91 Å². The lowest BCUT2D eigenvalue weighted by molar-refractivity contribution is -0.119. The third-order valence-electron chi connectivity index (χ3n) is 5.09. The Kier molecular flexibility index (Phi) is 5.73. The number of aryl methyl sites for hydroxylation is 1. The van der Waals surface area contributed by atoms with Gasteiger partial charge >= 0.3 is 6.03 Å². The molecule has 1 aliphatic rings. The van der Waals surface area contributed by atoms with Crippen LogP contribution in [0.25, 0.3) is 0 Å². The molecule has 1 heterocycles. The first-order chi connectivity index (χ1) is 14.9. The van der Waals surface area contributed by atoms with Gasteiger partial charge < -0.3 is 15.5 Å². The van der Waals surface area contributed by atoms with Crippen molar-refractivity contribution in [1.29, 1.82) is 0 Å². The van der Waals surface area contributed by atoms with E-state index in [2.05, 4.69) is 15.6 Å². The van der Waals surface area contributed by atoms with Gasteiger partial charge in [0.15, 0.2) is 0 Å². The number of amides is 3. The molecule has 7 heteroatoms. The molecule has 1 atom stereocenters. The lowest BCUT2D eigenvalue weighted by atomic mass is 10.0. The summed E-state index contributed by atoms with van der Waals surface area (Å²) in [6, 6.07) is 21.8. The second-order valence-electron chi connectivity index (χ2n) is 7.22. The number of carbonyl (C=O) groups excluding carboxylic acids is 2. The lowest BCUT2D eigenvalue weighted by Gasteiger charge is -2.21. The zero-order valence-electron chi connectivity index (χ0n) is 17.1. The van der Waals surface area contributed by atoms with Crippen LogP contribution in [0, 0.1) is 6.92 Å². The van der Waals surface area contributed by atoms with E-state index in [0.717, 1.165) is 22.4 Å². The summed E-state index contributed by atoms with van der Waals surface area (Å²) < 4.78 is 0. The molecule has 0 radical (unpaired) electrons. The van der Waals surface area contributed by atoms with Crippen molar-refractivity contribution < 1.29 is 9.59 Å². The Balaban J connectivity index is 1.68. The number of benzene rings is 3. The van der Waals surface area contributed by atoms with E-state index in [0.29, 0.717) is 16.4 Å². The molecule has 0 saturated heterocycles. The fourth-order valence-electron chi connectivity index (χ4n) is 3.49. The summed E-state index contributed by atoms with van der Waals surface area (Å²) in [5.41, 5.74) is 4.47. The van der Waals surface area contributed by atoms with E-state index in [1.165, 1.54) is 4.90 Å². The van der Waals surface area contributed by atoms with Crippen molar-refractivity contribution in [3.63, 3.8) is 0 Å². The lowest BCUT2D eigenvalue weighted by Crippen LogP contribution is -2.47. The number of benzodiazepines with no additional fused rings is 1. The van der Waals surface area contributed by atoms with Crippen LogP contribution in [0.2, 0.25) is 5.02 Å². The van der Waals surface area contributed by atoms with Gasteiger partial charge in [-0.05, 0) is 36.8 Å². The third kappa shape index (κ3) is 4.29. The number of halogens is 1. The van der Waals surface area contributed by atoms with Crippen molar-refractivity contribution in [2.45, 2.75) is 13.1 Å². The molecule has 1 aliphatic heterocycles. The molecule has 0 saturated carbocycles. The Morgan fingerprint density at radius 3 is 2.48 bits per heavy atom. The quantitative estimate of drug-likeness (QED) is 0.634. The molecule has 0 aliphatic carbocycles. The van der Waals surface area contributed by atoms with Gasteiger partial charge in [-0.3, -0.25) is 4.79 Å². The van der Waals surface area contributed by atoms with Gasteiger partial charge in [-0.15, -0.1) is 0 Å². The molecule has 0 spiro atoms. The number of para-hydroxylation sites is 1. The van der Waals surface area contributed by atoms with Crippen LogP contribution in [0.1, 0.15) is 16.7 Å². The van der Waals surface area contributed by atoms with Gasteiger partial charge in [0.25, 0.3) is 5.91 Å². The molecule has 0 fully saturated rings. The van der Waals surface area contributed by atoms with Crippen molar-refractivity contribution in [3.05, 3.63) is 94.5 Å². The standard InChI is InChI=1S/C24H21ClN4O2/c1-15-14-17(25)12-13-19(15)26-24(31)28-22-23(30)29(2)20-11-7-6-10-18(20)21(27-22)16-8-4-3-5-9-16/h3-14,22H,1-2H3,(H2,26,28,31)/t22-/m0/s1. The topological polar surface area (TPSA) is 73.8 Å². The number of rotatable bonds is 3. The minimum Gasteiger partial charge on any atom is -0.311 e. The fraction of sp³-hybridized carbons (Fsp3) is 0.125. The summed E-state index contributed by atoms with van der Waals surface area (Å²) in [5.74, 6) is -0.332. The first kappa shape index (κ1) is 20.6. The van der Waals surface area contributed by atoms with Crippen molar-refractivity contribution in [2.24, 2.45) is 4.99 Å².